The van der Waals surface area contributed by atoms with Crippen molar-refractivity contribution >= 4 is 11.6 Å². The second-order valence-corrected chi connectivity index (χ2v) is 5.81. The van der Waals surface area contributed by atoms with Gasteiger partial charge in [-0.05, 0) is 68.2 Å². The van der Waals surface area contributed by atoms with E-state index in [0.29, 0.717) is 6.04 Å². The summed E-state index contributed by atoms with van der Waals surface area (Å²) in [5, 5.41) is 0.832. The van der Waals surface area contributed by atoms with E-state index in [-0.39, 0.29) is 0 Å². The predicted molar refractivity (Wildman–Crippen MR) is 76.4 cm³/mol. The molecule has 0 bridgehead atoms. The lowest BCUT2D eigenvalue weighted by atomic mass is 9.82. The Morgan fingerprint density at radius 3 is 2.56 bits per heavy atom. The third kappa shape index (κ3) is 3.18. The zero-order valence-corrected chi connectivity index (χ0v) is 12.0. The van der Waals surface area contributed by atoms with Crippen molar-refractivity contribution in [1.29, 1.82) is 0 Å². The molecule has 0 aromatic heterocycles. The first-order valence-corrected chi connectivity index (χ1v) is 7.06. The molecule has 1 fully saturated rings. The quantitative estimate of drug-likeness (QED) is 0.906. The summed E-state index contributed by atoms with van der Waals surface area (Å²) in [6, 6.07) is 4.50. The number of benzene rings is 1. The molecule has 18 heavy (non-hydrogen) atoms. The largest absolute Gasteiger partial charge is 0.496 e. The zero-order chi connectivity index (χ0) is 13.1. The maximum Gasteiger partial charge on any atom is 0.122 e. The number of ether oxygens (including phenoxy) is 1. The van der Waals surface area contributed by atoms with Crippen LogP contribution in [0, 0.1) is 12.8 Å². The van der Waals surface area contributed by atoms with Crippen LogP contribution in [0.5, 0.6) is 5.75 Å². The van der Waals surface area contributed by atoms with Gasteiger partial charge in [0.2, 0.25) is 0 Å². The van der Waals surface area contributed by atoms with Crippen molar-refractivity contribution in [1.82, 2.24) is 0 Å². The molecule has 3 heteroatoms. The van der Waals surface area contributed by atoms with Gasteiger partial charge >= 0.3 is 0 Å². The fourth-order valence-corrected chi connectivity index (χ4v) is 2.94. The van der Waals surface area contributed by atoms with Crippen LogP contribution in [0.25, 0.3) is 0 Å². The van der Waals surface area contributed by atoms with Crippen molar-refractivity contribution < 1.29 is 4.74 Å². The summed E-state index contributed by atoms with van der Waals surface area (Å²) in [6.07, 6.45) is 5.78. The van der Waals surface area contributed by atoms with Crippen molar-refractivity contribution in [3.05, 3.63) is 28.3 Å². The summed E-state index contributed by atoms with van der Waals surface area (Å²) in [5.74, 6) is 1.68. The van der Waals surface area contributed by atoms with Gasteiger partial charge in [-0.25, -0.2) is 0 Å². The fraction of sp³-hybridized carbons (Fsp3) is 0.600. The molecule has 0 amide bonds. The number of rotatable bonds is 3. The highest BCUT2D eigenvalue weighted by molar-refractivity contribution is 6.31. The lowest BCUT2D eigenvalue weighted by molar-refractivity contribution is 0.320. The highest BCUT2D eigenvalue weighted by Crippen LogP contribution is 2.32. The third-order valence-corrected chi connectivity index (χ3v) is 4.37. The van der Waals surface area contributed by atoms with Crippen LogP contribution in [-0.2, 0) is 6.42 Å². The summed E-state index contributed by atoms with van der Waals surface area (Å²) >= 11 is 6.21. The fourth-order valence-electron chi connectivity index (χ4n) is 2.75. The van der Waals surface area contributed by atoms with E-state index in [4.69, 9.17) is 22.1 Å². The van der Waals surface area contributed by atoms with E-state index in [2.05, 4.69) is 6.07 Å². The van der Waals surface area contributed by atoms with Crippen LogP contribution in [0.3, 0.4) is 0 Å². The van der Waals surface area contributed by atoms with Gasteiger partial charge in [-0.1, -0.05) is 11.6 Å². The Kier molecular flexibility index (Phi) is 4.52. The zero-order valence-electron chi connectivity index (χ0n) is 11.2. The number of methoxy groups -OCH3 is 1. The monoisotopic (exact) mass is 267 g/mol. The minimum atomic E-state index is 0.407. The van der Waals surface area contributed by atoms with E-state index < -0.39 is 0 Å². The Bertz CT molecular complexity index is 411. The lowest BCUT2D eigenvalue weighted by Crippen LogP contribution is -2.27. The van der Waals surface area contributed by atoms with Crippen LogP contribution in [0.4, 0.5) is 0 Å². The van der Waals surface area contributed by atoms with Crippen molar-refractivity contribution in [2.75, 3.05) is 7.11 Å². The van der Waals surface area contributed by atoms with Gasteiger partial charge in [0.15, 0.2) is 0 Å². The summed E-state index contributed by atoms with van der Waals surface area (Å²) in [4.78, 5) is 0. The summed E-state index contributed by atoms with van der Waals surface area (Å²) in [6.45, 7) is 2.01. The molecular formula is C15H22ClNO. The molecule has 0 unspecified atom stereocenters. The van der Waals surface area contributed by atoms with Gasteiger partial charge in [0, 0.05) is 11.1 Å². The van der Waals surface area contributed by atoms with Gasteiger partial charge in [0.05, 0.1) is 7.11 Å². The van der Waals surface area contributed by atoms with E-state index in [0.717, 1.165) is 41.5 Å². The van der Waals surface area contributed by atoms with E-state index in [1.54, 1.807) is 7.11 Å². The lowest BCUT2D eigenvalue weighted by Gasteiger charge is -2.26. The molecule has 1 aliphatic carbocycles. The molecule has 0 atom stereocenters. The van der Waals surface area contributed by atoms with Crippen LogP contribution >= 0.6 is 11.6 Å². The second-order valence-electron chi connectivity index (χ2n) is 5.40. The molecule has 1 saturated carbocycles. The van der Waals surface area contributed by atoms with Crippen LogP contribution in [0.1, 0.15) is 36.8 Å². The molecule has 0 saturated heterocycles. The summed E-state index contributed by atoms with van der Waals surface area (Å²) in [5.41, 5.74) is 8.25. The van der Waals surface area contributed by atoms with E-state index in [9.17, 15) is 0 Å². The van der Waals surface area contributed by atoms with Gasteiger partial charge in [0.1, 0.15) is 5.75 Å². The van der Waals surface area contributed by atoms with Crippen LogP contribution < -0.4 is 10.5 Å². The van der Waals surface area contributed by atoms with E-state index in [1.165, 1.54) is 18.4 Å². The highest BCUT2D eigenvalue weighted by atomic mass is 35.5. The Balaban J connectivity index is 2.10. The van der Waals surface area contributed by atoms with E-state index in [1.807, 2.05) is 13.0 Å². The average Bonchev–Trinajstić information content (AvgIpc) is 2.36. The molecule has 1 aromatic carbocycles. The first kappa shape index (κ1) is 13.7. The van der Waals surface area contributed by atoms with Gasteiger partial charge in [-0.2, -0.15) is 0 Å². The van der Waals surface area contributed by atoms with Gasteiger partial charge in [-0.15, -0.1) is 0 Å². The number of aryl methyl sites for hydroxylation is 1. The SMILES string of the molecule is COc1cc(C)c(Cl)cc1CC1CCC(N)CC1. The molecule has 0 aliphatic heterocycles. The topological polar surface area (TPSA) is 35.2 Å². The molecule has 2 N–H and O–H groups in total. The van der Waals surface area contributed by atoms with E-state index >= 15 is 0 Å². The third-order valence-electron chi connectivity index (χ3n) is 3.96. The van der Waals surface area contributed by atoms with Crippen molar-refractivity contribution in [3.8, 4) is 5.75 Å². The molecule has 100 valence electrons. The normalized spacial score (nSPS) is 24.0. The number of hydrogen-bond donors (Lipinski definition) is 1. The first-order chi connectivity index (χ1) is 8.60. The molecule has 1 aliphatic rings. The summed E-state index contributed by atoms with van der Waals surface area (Å²) < 4.78 is 5.46. The van der Waals surface area contributed by atoms with Gasteiger partial charge < -0.3 is 10.5 Å². The van der Waals surface area contributed by atoms with Crippen LogP contribution in [0.15, 0.2) is 12.1 Å². The Hall–Kier alpha value is -0.730. The molecular weight excluding hydrogens is 246 g/mol. The standard InChI is InChI=1S/C15H22ClNO/c1-10-7-15(18-2)12(9-14(10)16)8-11-3-5-13(17)6-4-11/h7,9,11,13H,3-6,8,17H2,1-2H3. The predicted octanol–water partition coefficient (Wildman–Crippen LogP) is 3.72. The van der Waals surface area contributed by atoms with Crippen LogP contribution in [-0.4, -0.2) is 13.2 Å². The van der Waals surface area contributed by atoms with Gasteiger partial charge in [0.25, 0.3) is 0 Å². The number of hydrogen-bond acceptors (Lipinski definition) is 2. The minimum absolute atomic E-state index is 0.407. The number of halogens is 1. The molecule has 0 spiro atoms. The van der Waals surface area contributed by atoms with Gasteiger partial charge in [-0.3, -0.25) is 0 Å². The minimum Gasteiger partial charge on any atom is -0.496 e. The molecule has 2 rings (SSSR count). The van der Waals surface area contributed by atoms with Crippen LogP contribution in [0.2, 0.25) is 5.02 Å². The van der Waals surface area contributed by atoms with Crippen molar-refractivity contribution in [2.24, 2.45) is 11.7 Å². The smallest absolute Gasteiger partial charge is 0.122 e. The Labute approximate surface area is 114 Å². The van der Waals surface area contributed by atoms with Crippen molar-refractivity contribution in [2.45, 2.75) is 45.1 Å². The molecule has 1 aromatic rings. The molecule has 0 radical (unpaired) electrons. The Morgan fingerprint density at radius 2 is 1.94 bits per heavy atom. The molecule has 0 heterocycles. The highest BCUT2D eigenvalue weighted by Gasteiger charge is 2.20. The first-order valence-electron chi connectivity index (χ1n) is 6.68. The molecule has 2 nitrogen and oxygen atoms in total. The maximum atomic E-state index is 6.21. The summed E-state index contributed by atoms with van der Waals surface area (Å²) in [7, 11) is 1.73. The number of nitrogens with two attached hydrogens (primary N) is 1. The Morgan fingerprint density at radius 1 is 1.28 bits per heavy atom. The maximum absolute atomic E-state index is 6.21. The second kappa shape index (κ2) is 5.94. The average molecular weight is 268 g/mol. The van der Waals surface area contributed by atoms with Crippen molar-refractivity contribution in [3.63, 3.8) is 0 Å².